The van der Waals surface area contributed by atoms with Gasteiger partial charge >= 0.3 is 6.03 Å². The van der Waals surface area contributed by atoms with Gasteiger partial charge in [-0.05, 0) is 36.4 Å². The molecule has 21 heavy (non-hydrogen) atoms. The van der Waals surface area contributed by atoms with Crippen molar-refractivity contribution < 1.29 is 13.2 Å². The van der Waals surface area contributed by atoms with Gasteiger partial charge in [0.2, 0.25) is 0 Å². The molecule has 0 saturated heterocycles. The predicted octanol–water partition coefficient (Wildman–Crippen LogP) is 2.46. The SMILES string of the molecule is O=C(NNS(=O)(=O)c1ccc(Br)cc1)Nc1ccccc1. The first-order chi connectivity index (χ1) is 9.97. The summed E-state index contributed by atoms with van der Waals surface area (Å²) in [5, 5.41) is 2.49. The van der Waals surface area contributed by atoms with E-state index in [0.717, 1.165) is 4.47 Å². The number of anilines is 1. The molecule has 0 aromatic heterocycles. The van der Waals surface area contributed by atoms with E-state index in [2.05, 4.69) is 26.7 Å². The third-order valence-electron chi connectivity index (χ3n) is 2.45. The summed E-state index contributed by atoms with van der Waals surface area (Å²) in [6.07, 6.45) is 0. The Hall–Kier alpha value is -1.90. The van der Waals surface area contributed by atoms with E-state index >= 15 is 0 Å². The predicted molar refractivity (Wildman–Crippen MR) is 83.1 cm³/mol. The van der Waals surface area contributed by atoms with Crippen LogP contribution in [-0.4, -0.2) is 14.4 Å². The highest BCUT2D eigenvalue weighted by atomic mass is 79.9. The molecule has 2 aromatic carbocycles. The number of amides is 2. The number of hydrogen-bond acceptors (Lipinski definition) is 3. The second-order valence-electron chi connectivity index (χ2n) is 4.00. The van der Waals surface area contributed by atoms with E-state index in [0.29, 0.717) is 5.69 Å². The van der Waals surface area contributed by atoms with Crippen molar-refractivity contribution in [3.8, 4) is 0 Å². The van der Waals surface area contributed by atoms with Gasteiger partial charge in [0.1, 0.15) is 0 Å². The van der Waals surface area contributed by atoms with Crippen LogP contribution in [0.4, 0.5) is 10.5 Å². The highest BCUT2D eigenvalue weighted by Gasteiger charge is 2.14. The standard InChI is InChI=1S/C13H12BrN3O3S/c14-10-6-8-12(9-7-10)21(19,20)17-16-13(18)15-11-4-2-1-3-5-11/h1-9,17H,(H2,15,16,18). The van der Waals surface area contributed by atoms with Gasteiger partial charge in [-0.3, -0.25) is 5.43 Å². The molecular formula is C13H12BrN3O3S. The third kappa shape index (κ3) is 4.55. The van der Waals surface area contributed by atoms with Crippen LogP contribution >= 0.6 is 15.9 Å². The summed E-state index contributed by atoms with van der Waals surface area (Å²) in [6.45, 7) is 0. The topological polar surface area (TPSA) is 87.3 Å². The van der Waals surface area contributed by atoms with E-state index < -0.39 is 16.1 Å². The molecule has 0 bridgehead atoms. The van der Waals surface area contributed by atoms with Gasteiger partial charge in [-0.2, -0.15) is 0 Å². The maximum absolute atomic E-state index is 11.9. The molecule has 0 atom stereocenters. The van der Waals surface area contributed by atoms with Crippen LogP contribution in [0.5, 0.6) is 0 Å². The number of nitrogens with one attached hydrogen (secondary N) is 3. The molecule has 0 heterocycles. The lowest BCUT2D eigenvalue weighted by atomic mass is 10.3. The zero-order valence-corrected chi connectivity index (χ0v) is 13.1. The largest absolute Gasteiger partial charge is 0.334 e. The Kier molecular flexibility index (Phi) is 4.94. The molecule has 2 rings (SSSR count). The Bertz CT molecular complexity index is 718. The van der Waals surface area contributed by atoms with Crippen molar-refractivity contribution in [2.45, 2.75) is 4.90 Å². The molecule has 0 aliphatic carbocycles. The second kappa shape index (κ2) is 6.70. The molecule has 0 spiro atoms. The van der Waals surface area contributed by atoms with Crippen LogP contribution in [0.25, 0.3) is 0 Å². The Balaban J connectivity index is 1.95. The molecule has 0 radical (unpaired) electrons. The molecule has 0 fully saturated rings. The number of hydrazine groups is 1. The first-order valence-electron chi connectivity index (χ1n) is 5.87. The van der Waals surface area contributed by atoms with Crippen molar-refractivity contribution in [3.63, 3.8) is 0 Å². The monoisotopic (exact) mass is 369 g/mol. The van der Waals surface area contributed by atoms with Crippen LogP contribution < -0.4 is 15.6 Å². The lowest BCUT2D eigenvalue weighted by molar-refractivity contribution is 0.250. The normalized spacial score (nSPS) is 10.9. The van der Waals surface area contributed by atoms with E-state index in [1.54, 1.807) is 42.5 Å². The lowest BCUT2D eigenvalue weighted by Gasteiger charge is -2.09. The number of urea groups is 1. The van der Waals surface area contributed by atoms with E-state index in [-0.39, 0.29) is 4.90 Å². The fraction of sp³-hybridized carbons (Fsp3) is 0. The van der Waals surface area contributed by atoms with Gasteiger partial charge in [-0.1, -0.05) is 34.1 Å². The van der Waals surface area contributed by atoms with Crippen molar-refractivity contribution in [2.75, 3.05) is 5.32 Å². The first kappa shape index (κ1) is 15.5. The molecule has 3 N–H and O–H groups in total. The van der Waals surface area contributed by atoms with Crippen LogP contribution in [0.3, 0.4) is 0 Å². The zero-order chi connectivity index (χ0) is 15.3. The Labute approximate surface area is 130 Å². The van der Waals surface area contributed by atoms with Crippen molar-refractivity contribution in [1.82, 2.24) is 10.3 Å². The van der Waals surface area contributed by atoms with Gasteiger partial charge in [0.15, 0.2) is 0 Å². The minimum atomic E-state index is -3.81. The van der Waals surface area contributed by atoms with Crippen molar-refractivity contribution in [1.29, 1.82) is 0 Å². The second-order valence-corrected chi connectivity index (χ2v) is 6.60. The van der Waals surface area contributed by atoms with Crippen LogP contribution in [0.2, 0.25) is 0 Å². The van der Waals surface area contributed by atoms with E-state index in [1.165, 1.54) is 12.1 Å². The molecule has 2 aromatic rings. The number of hydrogen-bond donors (Lipinski definition) is 3. The highest BCUT2D eigenvalue weighted by Crippen LogP contribution is 2.14. The van der Waals surface area contributed by atoms with E-state index in [4.69, 9.17) is 0 Å². The number of sulfonamides is 1. The Morgan fingerprint density at radius 1 is 0.952 bits per heavy atom. The van der Waals surface area contributed by atoms with Crippen molar-refractivity contribution in [3.05, 3.63) is 59.1 Å². The highest BCUT2D eigenvalue weighted by molar-refractivity contribution is 9.10. The molecule has 2 amide bonds. The summed E-state index contributed by atoms with van der Waals surface area (Å²) in [7, 11) is -3.81. The van der Waals surface area contributed by atoms with E-state index in [9.17, 15) is 13.2 Å². The van der Waals surface area contributed by atoms with Crippen LogP contribution in [-0.2, 0) is 10.0 Å². The minimum absolute atomic E-state index is 0.0470. The average Bonchev–Trinajstić information content (AvgIpc) is 2.47. The maximum Gasteiger partial charge on any atom is 0.334 e. The molecule has 0 unspecified atom stereocenters. The quantitative estimate of drug-likeness (QED) is 0.723. The average molecular weight is 370 g/mol. The maximum atomic E-state index is 11.9. The number of carbonyl (C=O) groups excluding carboxylic acids is 1. The summed E-state index contributed by atoms with van der Waals surface area (Å²) in [4.78, 5) is 13.6. The molecule has 0 aliphatic heterocycles. The van der Waals surface area contributed by atoms with Gasteiger partial charge in [0.25, 0.3) is 10.0 Å². The van der Waals surface area contributed by atoms with Crippen molar-refractivity contribution in [2.24, 2.45) is 0 Å². The van der Waals surface area contributed by atoms with Crippen molar-refractivity contribution >= 4 is 37.7 Å². The fourth-order valence-electron chi connectivity index (χ4n) is 1.47. The number of benzene rings is 2. The smallest absolute Gasteiger partial charge is 0.307 e. The molecule has 8 heteroatoms. The van der Waals surface area contributed by atoms with Gasteiger partial charge < -0.3 is 5.32 Å². The summed E-state index contributed by atoms with van der Waals surface area (Å²) in [5.74, 6) is 0. The molecular weight excluding hydrogens is 358 g/mol. The van der Waals surface area contributed by atoms with E-state index in [1.807, 2.05) is 4.83 Å². The number of para-hydroxylation sites is 1. The summed E-state index contributed by atoms with van der Waals surface area (Å²) in [6, 6.07) is 14.0. The van der Waals surface area contributed by atoms with Crippen LogP contribution in [0.1, 0.15) is 0 Å². The minimum Gasteiger partial charge on any atom is -0.307 e. The fourth-order valence-corrected chi connectivity index (χ4v) is 2.57. The van der Waals surface area contributed by atoms with Gasteiger partial charge in [-0.25, -0.2) is 13.2 Å². The molecule has 0 aliphatic rings. The number of rotatable bonds is 4. The summed E-state index contributed by atoms with van der Waals surface area (Å²) < 4.78 is 24.6. The van der Waals surface area contributed by atoms with Gasteiger partial charge in [0, 0.05) is 10.2 Å². The lowest BCUT2D eigenvalue weighted by Crippen LogP contribution is -2.43. The molecule has 0 saturated carbocycles. The number of carbonyl (C=O) groups is 1. The van der Waals surface area contributed by atoms with Crippen LogP contribution in [0, 0.1) is 0 Å². The number of halogens is 1. The zero-order valence-electron chi connectivity index (χ0n) is 10.7. The molecule has 6 nitrogen and oxygen atoms in total. The first-order valence-corrected chi connectivity index (χ1v) is 8.14. The van der Waals surface area contributed by atoms with Crippen LogP contribution in [0.15, 0.2) is 64.0 Å². The molecule has 110 valence electrons. The third-order valence-corrected chi connectivity index (χ3v) is 4.25. The van der Waals surface area contributed by atoms with Gasteiger partial charge in [0.05, 0.1) is 4.90 Å². The Morgan fingerprint density at radius 2 is 1.57 bits per heavy atom. The summed E-state index contributed by atoms with van der Waals surface area (Å²) >= 11 is 3.22. The van der Waals surface area contributed by atoms with Gasteiger partial charge in [-0.15, -0.1) is 4.83 Å². The summed E-state index contributed by atoms with van der Waals surface area (Å²) in [5.41, 5.74) is 2.64. The Morgan fingerprint density at radius 3 is 2.19 bits per heavy atom.